The van der Waals surface area contributed by atoms with Gasteiger partial charge >= 0.3 is 0 Å². The number of allylic oxidation sites excluding steroid dienone is 1. The Balaban J connectivity index is 1.98. The minimum Gasteiger partial charge on any atom is -0.400 e. The van der Waals surface area contributed by atoms with Crippen molar-refractivity contribution in [2.24, 2.45) is 17.5 Å². The van der Waals surface area contributed by atoms with Gasteiger partial charge in [0.2, 0.25) is 0 Å². The Morgan fingerprint density at radius 2 is 1.97 bits per heavy atom. The van der Waals surface area contributed by atoms with Crippen LogP contribution in [0.5, 0.6) is 0 Å². The monoisotopic (exact) mass is 515 g/mol. The molecule has 3 rings (SSSR count). The highest BCUT2D eigenvalue weighted by Crippen LogP contribution is 2.34. The van der Waals surface area contributed by atoms with E-state index in [1.54, 1.807) is 26.1 Å². The van der Waals surface area contributed by atoms with E-state index in [2.05, 4.69) is 24.1 Å². The Kier molecular flexibility index (Phi) is 9.24. The van der Waals surface area contributed by atoms with Gasteiger partial charge in [0.05, 0.1) is 0 Å². The third-order valence-electron chi connectivity index (χ3n) is 6.19. The molecule has 1 heterocycles. The second-order valence-electron chi connectivity index (χ2n) is 9.71. The van der Waals surface area contributed by atoms with Crippen LogP contribution < -0.4 is 16.9 Å². The van der Waals surface area contributed by atoms with Gasteiger partial charge in [-0.25, -0.2) is 18.7 Å². The van der Waals surface area contributed by atoms with Crippen molar-refractivity contribution in [2.75, 3.05) is 38.5 Å². The molecule has 1 fully saturated rings. The number of rotatable bonds is 9. The largest absolute Gasteiger partial charge is 0.400 e. The molecule has 2 aromatic rings. The summed E-state index contributed by atoms with van der Waals surface area (Å²) >= 11 is 0. The predicted molar refractivity (Wildman–Crippen MR) is 146 cm³/mol. The molecule has 0 bridgehead atoms. The fraction of sp³-hybridized carbons (Fsp3) is 0.423. The summed E-state index contributed by atoms with van der Waals surface area (Å²) in [6.07, 6.45) is 1.32. The second kappa shape index (κ2) is 12.0. The highest BCUT2D eigenvalue weighted by Gasteiger charge is 2.34. The molecule has 1 aliphatic rings. The molecule has 1 saturated heterocycles. The van der Waals surface area contributed by atoms with E-state index in [1.165, 1.54) is 23.4 Å². The topological polar surface area (TPSA) is 115 Å². The van der Waals surface area contributed by atoms with Crippen molar-refractivity contribution >= 4 is 28.6 Å². The van der Waals surface area contributed by atoms with E-state index in [-0.39, 0.29) is 11.9 Å². The first-order valence-electron chi connectivity index (χ1n) is 12.0. The standard InChI is InChI=1S/C26H38FN7OS/c1-17(2)15-33-10-11-34(36(35)26(19(4)29)32(5)30)16-25(33)23-13-20(14-28)24(12-18(23)3)31-22-8-6-21(27)7-9-22/h6-9,12-14,17,25,28,31H,10-11,15-16,29-30H2,1-5H3/b26-19+,28-14?. The molecule has 1 aliphatic heterocycles. The number of hydrogen-bond donors (Lipinski definition) is 4. The quantitative estimate of drug-likeness (QED) is 0.229. The number of hydrogen-bond acceptors (Lipinski definition) is 7. The van der Waals surface area contributed by atoms with Gasteiger partial charge < -0.3 is 21.5 Å². The van der Waals surface area contributed by atoms with E-state index < -0.39 is 11.0 Å². The number of piperazine rings is 1. The van der Waals surface area contributed by atoms with Gasteiger partial charge in [-0.15, -0.1) is 0 Å². The summed E-state index contributed by atoms with van der Waals surface area (Å²) in [7, 11) is 0.143. The zero-order valence-corrected chi connectivity index (χ0v) is 22.5. The Morgan fingerprint density at radius 1 is 1.31 bits per heavy atom. The Bertz CT molecular complexity index is 1130. The number of nitrogens with one attached hydrogen (secondary N) is 2. The highest BCUT2D eigenvalue weighted by molar-refractivity contribution is 7.86. The number of aryl methyl sites for hydroxylation is 1. The lowest BCUT2D eigenvalue weighted by molar-refractivity contribution is 0.107. The molecule has 6 N–H and O–H groups in total. The van der Waals surface area contributed by atoms with Crippen LogP contribution >= 0.6 is 0 Å². The Hall–Kier alpha value is -2.79. The summed E-state index contributed by atoms with van der Waals surface area (Å²) in [6.45, 7) is 10.9. The van der Waals surface area contributed by atoms with Gasteiger partial charge in [0.25, 0.3) is 0 Å². The van der Waals surface area contributed by atoms with E-state index in [9.17, 15) is 8.60 Å². The number of nitrogens with zero attached hydrogens (tertiary/aromatic N) is 3. The number of hydrazine groups is 1. The molecule has 10 heteroatoms. The van der Waals surface area contributed by atoms with Gasteiger partial charge in [-0.3, -0.25) is 4.90 Å². The van der Waals surface area contributed by atoms with Crippen LogP contribution in [0.3, 0.4) is 0 Å². The Morgan fingerprint density at radius 3 is 2.53 bits per heavy atom. The second-order valence-corrected chi connectivity index (χ2v) is 11.1. The Labute approximate surface area is 216 Å². The first-order chi connectivity index (χ1) is 17.0. The van der Waals surface area contributed by atoms with Crippen LogP contribution in [0.1, 0.15) is 43.5 Å². The normalized spacial score (nSPS) is 18.6. The minimum atomic E-state index is -1.50. The minimum absolute atomic E-state index is 0.0221. The average molecular weight is 516 g/mol. The maximum Gasteiger partial charge on any atom is 0.150 e. The molecular formula is C26H38FN7OS. The van der Waals surface area contributed by atoms with Gasteiger partial charge in [0.15, 0.2) is 5.03 Å². The fourth-order valence-corrected chi connectivity index (χ4v) is 5.90. The smallest absolute Gasteiger partial charge is 0.150 e. The van der Waals surface area contributed by atoms with Crippen molar-refractivity contribution in [1.29, 1.82) is 5.41 Å². The molecule has 2 unspecified atom stereocenters. The molecule has 0 radical (unpaired) electrons. The SMILES string of the molecule is C/C(N)=C(/N(C)N)S(=O)N1CCN(CC(C)C)C(c2cc(C=N)c(Nc3ccc(F)cc3)cc2C)C1. The molecule has 2 atom stereocenters. The maximum absolute atomic E-state index is 13.5. The van der Waals surface area contributed by atoms with Crippen LogP contribution in [-0.2, 0) is 11.0 Å². The summed E-state index contributed by atoms with van der Waals surface area (Å²) in [5.74, 6) is 6.11. The lowest BCUT2D eigenvalue weighted by atomic mass is 9.94. The van der Waals surface area contributed by atoms with Crippen molar-refractivity contribution in [3.05, 3.63) is 69.6 Å². The van der Waals surface area contributed by atoms with Crippen molar-refractivity contribution in [1.82, 2.24) is 14.2 Å². The number of anilines is 2. The predicted octanol–water partition coefficient (Wildman–Crippen LogP) is 3.81. The van der Waals surface area contributed by atoms with E-state index >= 15 is 0 Å². The van der Waals surface area contributed by atoms with Crippen LogP contribution in [0, 0.1) is 24.1 Å². The number of halogens is 1. The van der Waals surface area contributed by atoms with Gasteiger partial charge in [0.1, 0.15) is 16.8 Å². The zero-order chi connectivity index (χ0) is 26.6. The summed E-state index contributed by atoms with van der Waals surface area (Å²) in [5.41, 5.74) is 10.8. The number of benzene rings is 2. The molecule has 0 spiro atoms. The molecule has 8 nitrogen and oxygen atoms in total. The van der Waals surface area contributed by atoms with Gasteiger partial charge in [-0.1, -0.05) is 13.8 Å². The first-order valence-corrected chi connectivity index (χ1v) is 13.2. The molecule has 0 saturated carbocycles. The van der Waals surface area contributed by atoms with Gasteiger partial charge in [-0.2, -0.15) is 0 Å². The van der Waals surface area contributed by atoms with Crippen LogP contribution in [0.15, 0.2) is 47.1 Å². The van der Waals surface area contributed by atoms with E-state index in [4.69, 9.17) is 17.0 Å². The molecule has 2 aromatic carbocycles. The molecule has 0 aromatic heterocycles. The molecule has 0 aliphatic carbocycles. The first kappa shape index (κ1) is 27.8. The molecular weight excluding hydrogens is 477 g/mol. The van der Waals surface area contributed by atoms with Gasteiger partial charge in [0, 0.05) is 68.1 Å². The summed E-state index contributed by atoms with van der Waals surface area (Å²) in [4.78, 5) is 2.42. The molecule has 0 amide bonds. The fourth-order valence-electron chi connectivity index (χ4n) is 4.61. The lowest BCUT2D eigenvalue weighted by Crippen LogP contribution is -2.51. The molecule has 196 valence electrons. The van der Waals surface area contributed by atoms with Crippen molar-refractivity contribution in [3.8, 4) is 0 Å². The van der Waals surface area contributed by atoms with Crippen molar-refractivity contribution in [3.63, 3.8) is 0 Å². The third kappa shape index (κ3) is 6.50. The van der Waals surface area contributed by atoms with E-state index in [0.717, 1.165) is 41.2 Å². The highest BCUT2D eigenvalue weighted by atomic mass is 32.2. The molecule has 36 heavy (non-hydrogen) atoms. The van der Waals surface area contributed by atoms with E-state index in [0.29, 0.717) is 29.7 Å². The van der Waals surface area contributed by atoms with Crippen LogP contribution in [0.2, 0.25) is 0 Å². The number of nitrogens with two attached hydrogens (primary N) is 2. The van der Waals surface area contributed by atoms with Crippen LogP contribution in [-0.4, -0.2) is 57.9 Å². The zero-order valence-electron chi connectivity index (χ0n) is 21.7. The van der Waals surface area contributed by atoms with Crippen molar-refractivity contribution in [2.45, 2.75) is 33.7 Å². The summed E-state index contributed by atoms with van der Waals surface area (Å²) in [6, 6.07) is 10.2. The van der Waals surface area contributed by atoms with Crippen molar-refractivity contribution < 1.29 is 8.60 Å². The van der Waals surface area contributed by atoms with E-state index in [1.807, 2.05) is 23.4 Å². The lowest BCUT2D eigenvalue weighted by Gasteiger charge is -2.42. The van der Waals surface area contributed by atoms with Crippen LogP contribution in [0.4, 0.5) is 15.8 Å². The third-order valence-corrected chi connectivity index (χ3v) is 7.93. The van der Waals surface area contributed by atoms with Gasteiger partial charge in [-0.05, 0) is 67.3 Å². The maximum atomic E-state index is 13.5. The summed E-state index contributed by atoms with van der Waals surface area (Å²) < 4.78 is 28.7. The van der Waals surface area contributed by atoms with Crippen LogP contribution in [0.25, 0.3) is 0 Å². The summed E-state index contributed by atoms with van der Waals surface area (Å²) in [5, 5.41) is 13.1. The average Bonchev–Trinajstić information content (AvgIpc) is 2.80.